The second-order valence-corrected chi connectivity index (χ2v) is 12.7. The molecule has 5 heteroatoms. The quantitative estimate of drug-likeness (QED) is 0.112. The van der Waals surface area contributed by atoms with E-state index in [-0.39, 0.29) is 6.00 Å². The van der Waals surface area contributed by atoms with E-state index in [9.17, 15) is 0 Å². The summed E-state index contributed by atoms with van der Waals surface area (Å²) < 4.78 is 6.57. The number of fused-ring (bicyclic) bond motifs is 11. The van der Waals surface area contributed by atoms with Gasteiger partial charge in [-0.3, -0.25) is 9.98 Å². The maximum Gasteiger partial charge on any atom is 0.132 e. The van der Waals surface area contributed by atoms with Gasteiger partial charge in [0.05, 0.1) is 21.7 Å². The summed E-state index contributed by atoms with van der Waals surface area (Å²) in [6, 6.07) is 45.3. The number of thioether (sulfide) groups is 1. The molecule has 0 saturated carbocycles. The van der Waals surface area contributed by atoms with Crippen LogP contribution in [0.1, 0.15) is 33.4 Å². The first kappa shape index (κ1) is 26.5. The van der Waals surface area contributed by atoms with Crippen molar-refractivity contribution in [2.45, 2.75) is 10.3 Å². The molecule has 1 aliphatic carbocycles. The zero-order valence-corrected chi connectivity index (χ0v) is 25.7. The van der Waals surface area contributed by atoms with E-state index >= 15 is 0 Å². The Morgan fingerprint density at radius 1 is 0.689 bits per heavy atom. The minimum absolute atomic E-state index is 0.163. The maximum absolute atomic E-state index is 6.57. The topological polar surface area (TPSA) is 34.0 Å². The van der Waals surface area contributed by atoms with Crippen molar-refractivity contribution in [2.75, 3.05) is 6.00 Å². The first-order valence-corrected chi connectivity index (χ1v) is 16.2. The molecule has 0 saturated heterocycles. The largest absolute Gasteiger partial charge is 0.457 e. The fourth-order valence-corrected chi connectivity index (χ4v) is 8.82. The molecule has 1 spiro atoms. The van der Waals surface area contributed by atoms with Gasteiger partial charge in [0.25, 0.3) is 0 Å². The van der Waals surface area contributed by atoms with Crippen molar-refractivity contribution in [2.24, 2.45) is 9.98 Å². The third-order valence-corrected chi connectivity index (χ3v) is 10.5. The van der Waals surface area contributed by atoms with Crippen LogP contribution in [0.5, 0.6) is 11.5 Å². The molecule has 0 unspecified atom stereocenters. The summed E-state index contributed by atoms with van der Waals surface area (Å²) in [6.07, 6.45) is 0. The van der Waals surface area contributed by atoms with E-state index in [2.05, 4.69) is 116 Å². The van der Waals surface area contributed by atoms with Crippen molar-refractivity contribution in [3.63, 3.8) is 0 Å². The van der Waals surface area contributed by atoms with Gasteiger partial charge in [-0.2, -0.15) is 0 Å². The third kappa shape index (κ3) is 3.61. The summed E-state index contributed by atoms with van der Waals surface area (Å²) in [5.74, 6) is 1.74. The Labute approximate surface area is 270 Å². The van der Waals surface area contributed by atoms with E-state index < -0.39 is 5.41 Å². The summed E-state index contributed by atoms with van der Waals surface area (Å²) in [6.45, 7) is 4.12. The highest BCUT2D eigenvalue weighted by atomic mass is 35.5. The molecule has 0 aromatic heterocycles. The zero-order chi connectivity index (χ0) is 30.1. The van der Waals surface area contributed by atoms with E-state index in [1.807, 2.05) is 18.2 Å². The molecule has 6 aromatic carbocycles. The predicted molar refractivity (Wildman–Crippen MR) is 187 cm³/mol. The monoisotopic (exact) mass is 616 g/mol. The first-order chi connectivity index (χ1) is 22.2. The SMILES string of the molecule is C=N/C(=C1/Sc2ccccc2/C1=N/CCl)c1cccc2c1-c1cc3ccccc3cc1C21c2ccccc2Oc2ccccc21. The fraction of sp³-hybridized carbons (Fsp3) is 0.0500. The van der Waals surface area contributed by atoms with E-state index in [1.165, 1.54) is 27.5 Å². The highest BCUT2D eigenvalue weighted by molar-refractivity contribution is 8.05. The van der Waals surface area contributed by atoms with Crippen LogP contribution >= 0.6 is 23.4 Å². The number of halogens is 1. The Balaban J connectivity index is 1.43. The molecule has 2 aliphatic heterocycles. The number of ether oxygens (including phenoxy) is 1. The molecule has 0 N–H and O–H groups in total. The molecule has 3 aliphatic rings. The van der Waals surface area contributed by atoms with Crippen LogP contribution in [0.2, 0.25) is 0 Å². The van der Waals surface area contributed by atoms with Gasteiger partial charge >= 0.3 is 0 Å². The number of nitrogens with zero attached hydrogens (tertiary/aromatic N) is 2. The number of aliphatic imine (C=N–C) groups is 2. The summed E-state index contributed by atoms with van der Waals surface area (Å²) in [7, 11) is 0. The van der Waals surface area contributed by atoms with Crippen LogP contribution in [-0.2, 0) is 5.41 Å². The average molecular weight is 617 g/mol. The van der Waals surface area contributed by atoms with E-state index in [1.54, 1.807) is 11.8 Å². The zero-order valence-electron chi connectivity index (χ0n) is 24.1. The number of hydrogen-bond donors (Lipinski definition) is 0. The molecular weight excluding hydrogens is 592 g/mol. The smallest absolute Gasteiger partial charge is 0.132 e. The van der Waals surface area contributed by atoms with Crippen LogP contribution in [0.3, 0.4) is 0 Å². The minimum atomic E-state index is -0.591. The van der Waals surface area contributed by atoms with Crippen molar-refractivity contribution < 1.29 is 4.74 Å². The lowest BCUT2D eigenvalue weighted by atomic mass is 9.66. The molecule has 9 rings (SSSR count). The van der Waals surface area contributed by atoms with Crippen molar-refractivity contribution in [3.05, 3.63) is 166 Å². The van der Waals surface area contributed by atoms with Gasteiger partial charge in [-0.05, 0) is 70.1 Å². The van der Waals surface area contributed by atoms with Crippen LogP contribution in [0.15, 0.2) is 147 Å². The third-order valence-electron chi connectivity index (χ3n) is 9.25. The second kappa shape index (κ2) is 10.1. The summed E-state index contributed by atoms with van der Waals surface area (Å²) in [5.41, 5.74) is 10.2. The Kier molecular flexibility index (Phi) is 5.93. The molecule has 6 aromatic rings. The van der Waals surface area contributed by atoms with Crippen molar-refractivity contribution in [3.8, 4) is 22.6 Å². The Bertz CT molecular complexity index is 2260. The summed E-state index contributed by atoms with van der Waals surface area (Å²) in [5, 5.41) is 2.39. The lowest BCUT2D eigenvalue weighted by molar-refractivity contribution is 0.436. The molecule has 3 nitrogen and oxygen atoms in total. The van der Waals surface area contributed by atoms with Crippen molar-refractivity contribution in [1.29, 1.82) is 0 Å². The molecule has 214 valence electrons. The average Bonchev–Trinajstić information content (AvgIpc) is 3.58. The number of rotatable bonds is 3. The Morgan fingerprint density at radius 2 is 1.33 bits per heavy atom. The van der Waals surface area contributed by atoms with E-state index in [0.29, 0.717) is 0 Å². The Hall–Kier alpha value is -4.90. The minimum Gasteiger partial charge on any atom is -0.457 e. The molecule has 0 radical (unpaired) electrons. The van der Waals surface area contributed by atoms with Crippen LogP contribution in [0.25, 0.3) is 27.6 Å². The van der Waals surface area contributed by atoms with Gasteiger partial charge in [0.2, 0.25) is 0 Å². The first-order valence-electron chi connectivity index (χ1n) is 14.9. The van der Waals surface area contributed by atoms with Gasteiger partial charge in [-0.1, -0.05) is 109 Å². The Morgan fingerprint density at radius 3 is 2.07 bits per heavy atom. The summed E-state index contributed by atoms with van der Waals surface area (Å²) in [4.78, 5) is 11.6. The lowest BCUT2D eigenvalue weighted by Crippen LogP contribution is -2.32. The van der Waals surface area contributed by atoms with Crippen LogP contribution in [-0.4, -0.2) is 18.4 Å². The van der Waals surface area contributed by atoms with Crippen molar-refractivity contribution in [1.82, 2.24) is 0 Å². The highest BCUT2D eigenvalue weighted by Gasteiger charge is 2.52. The van der Waals surface area contributed by atoms with Gasteiger partial charge in [-0.25, -0.2) is 0 Å². The molecule has 0 fully saturated rings. The lowest BCUT2D eigenvalue weighted by Gasteiger charge is -2.39. The molecule has 0 bridgehead atoms. The fourth-order valence-electron chi connectivity index (χ4n) is 7.52. The van der Waals surface area contributed by atoms with Crippen molar-refractivity contribution >= 4 is 52.3 Å². The van der Waals surface area contributed by atoms with Gasteiger partial charge in [0, 0.05) is 27.1 Å². The molecule has 2 heterocycles. The number of hydrogen-bond acceptors (Lipinski definition) is 4. The van der Waals surface area contributed by atoms with Gasteiger partial charge in [0.15, 0.2) is 0 Å². The maximum atomic E-state index is 6.57. The number of benzene rings is 6. The number of para-hydroxylation sites is 2. The standard InChI is InChI=1S/C40H25ClN2OS/c1-42-37(39-38(43-23-41)26-13-4-9-20-35(26)45-39)27-14-10-17-31-36(27)28-21-24-11-2-3-12-25(24)22-32(28)40(31)29-15-5-7-18-33(29)44-34-19-8-6-16-30(34)40/h2-22H,1,23H2/b39-37+,43-38-. The van der Waals surface area contributed by atoms with Gasteiger partial charge in [-0.15, -0.1) is 11.6 Å². The number of allylic oxidation sites excluding steroid dienone is 1. The second-order valence-electron chi connectivity index (χ2n) is 11.4. The van der Waals surface area contributed by atoms with Gasteiger partial charge in [0.1, 0.15) is 17.5 Å². The normalized spacial score (nSPS) is 16.9. The van der Waals surface area contributed by atoms with Crippen LogP contribution in [0, 0.1) is 0 Å². The highest BCUT2D eigenvalue weighted by Crippen LogP contribution is 2.63. The molecule has 0 atom stereocenters. The number of alkyl halides is 1. The molecule has 0 amide bonds. The van der Waals surface area contributed by atoms with E-state index in [0.717, 1.165) is 60.5 Å². The van der Waals surface area contributed by atoms with Crippen LogP contribution < -0.4 is 4.74 Å². The predicted octanol–water partition coefficient (Wildman–Crippen LogP) is 10.5. The molecule has 45 heavy (non-hydrogen) atoms. The summed E-state index contributed by atoms with van der Waals surface area (Å²) >= 11 is 7.92. The van der Waals surface area contributed by atoms with Crippen LogP contribution in [0.4, 0.5) is 0 Å². The van der Waals surface area contributed by atoms with Gasteiger partial charge < -0.3 is 4.74 Å². The van der Waals surface area contributed by atoms with E-state index in [4.69, 9.17) is 26.3 Å². The molecular formula is C40H25ClN2OS.